The van der Waals surface area contributed by atoms with Crippen molar-refractivity contribution in [1.82, 2.24) is 4.90 Å². The van der Waals surface area contributed by atoms with Crippen LogP contribution in [-0.2, 0) is 9.47 Å². The zero-order valence-electron chi connectivity index (χ0n) is 11.0. The summed E-state index contributed by atoms with van der Waals surface area (Å²) in [5.74, 6) is 0. The zero-order chi connectivity index (χ0) is 12.3. The van der Waals surface area contributed by atoms with E-state index in [2.05, 4.69) is 34.7 Å². The van der Waals surface area contributed by atoms with E-state index in [9.17, 15) is 0 Å². The summed E-state index contributed by atoms with van der Waals surface area (Å²) in [7, 11) is 0. The number of hydrogen-bond acceptors (Lipinski definition) is 3. The molecule has 2 aliphatic heterocycles. The van der Waals surface area contributed by atoms with Crippen LogP contribution < -0.4 is 0 Å². The minimum Gasteiger partial charge on any atom is -0.381 e. The largest absolute Gasteiger partial charge is 0.381 e. The summed E-state index contributed by atoms with van der Waals surface area (Å²) in [5.41, 5.74) is 0.412. The monoisotopic (exact) mass is 305 g/mol. The van der Waals surface area contributed by atoms with E-state index < -0.39 is 0 Å². The van der Waals surface area contributed by atoms with Gasteiger partial charge in [-0.3, -0.25) is 4.90 Å². The third kappa shape index (κ3) is 3.66. The van der Waals surface area contributed by atoms with Crippen molar-refractivity contribution < 1.29 is 9.47 Å². The Bertz CT molecular complexity index is 234. The Balaban J connectivity index is 1.93. The second-order valence-corrected chi connectivity index (χ2v) is 6.26. The molecule has 2 unspecified atom stereocenters. The molecule has 2 atom stereocenters. The van der Waals surface area contributed by atoms with Crippen molar-refractivity contribution in [3.05, 3.63) is 0 Å². The molecule has 0 spiro atoms. The van der Waals surface area contributed by atoms with Gasteiger partial charge in [-0.25, -0.2) is 0 Å². The molecule has 0 N–H and O–H groups in total. The fraction of sp³-hybridized carbons (Fsp3) is 1.00. The SMILES string of the molecule is CC1CN(CC2(CBr)CCOCC2)CC(C)O1. The minimum atomic E-state index is 0.367. The lowest BCUT2D eigenvalue weighted by molar-refractivity contribution is -0.0845. The molecule has 4 heteroatoms. The van der Waals surface area contributed by atoms with Crippen molar-refractivity contribution in [3.8, 4) is 0 Å². The van der Waals surface area contributed by atoms with Gasteiger partial charge in [-0.2, -0.15) is 0 Å². The van der Waals surface area contributed by atoms with Crippen LogP contribution in [0.4, 0.5) is 0 Å². The van der Waals surface area contributed by atoms with E-state index in [1.807, 2.05) is 0 Å². The third-order valence-electron chi connectivity index (χ3n) is 3.89. The summed E-state index contributed by atoms with van der Waals surface area (Å²) in [5, 5.41) is 1.09. The van der Waals surface area contributed by atoms with Crippen LogP contribution >= 0.6 is 15.9 Å². The lowest BCUT2D eigenvalue weighted by Crippen LogP contribution is -2.51. The maximum atomic E-state index is 5.79. The summed E-state index contributed by atoms with van der Waals surface area (Å²) in [6, 6.07) is 0. The highest BCUT2D eigenvalue weighted by Gasteiger charge is 2.35. The summed E-state index contributed by atoms with van der Waals surface area (Å²) in [6.07, 6.45) is 3.09. The topological polar surface area (TPSA) is 21.7 Å². The molecule has 0 aromatic rings. The molecule has 3 nitrogen and oxygen atoms in total. The van der Waals surface area contributed by atoms with Crippen molar-refractivity contribution in [2.24, 2.45) is 5.41 Å². The van der Waals surface area contributed by atoms with Crippen molar-refractivity contribution in [2.45, 2.75) is 38.9 Å². The lowest BCUT2D eigenvalue weighted by atomic mass is 9.81. The molecule has 0 aromatic carbocycles. The van der Waals surface area contributed by atoms with Crippen molar-refractivity contribution in [2.75, 3.05) is 38.2 Å². The normalized spacial score (nSPS) is 34.8. The van der Waals surface area contributed by atoms with Crippen molar-refractivity contribution >= 4 is 15.9 Å². The molecule has 0 radical (unpaired) electrons. The third-order valence-corrected chi connectivity index (χ3v) is 5.08. The smallest absolute Gasteiger partial charge is 0.0678 e. The van der Waals surface area contributed by atoms with E-state index in [-0.39, 0.29) is 0 Å². The van der Waals surface area contributed by atoms with Crippen LogP contribution in [-0.4, -0.2) is 55.3 Å². The summed E-state index contributed by atoms with van der Waals surface area (Å²) < 4.78 is 11.3. The number of alkyl halides is 1. The van der Waals surface area contributed by atoms with E-state index in [0.717, 1.165) is 31.6 Å². The first-order valence-electron chi connectivity index (χ1n) is 6.65. The second-order valence-electron chi connectivity index (χ2n) is 5.70. The summed E-state index contributed by atoms with van der Waals surface area (Å²) in [6.45, 7) is 9.50. The minimum absolute atomic E-state index is 0.367. The van der Waals surface area contributed by atoms with Crippen LogP contribution in [0.25, 0.3) is 0 Å². The standard InChI is InChI=1S/C13H24BrNO2/c1-11-7-15(8-12(2)17-11)10-13(9-14)3-5-16-6-4-13/h11-12H,3-10H2,1-2H3. The number of nitrogens with zero attached hydrogens (tertiary/aromatic N) is 1. The fourth-order valence-electron chi connectivity index (χ4n) is 3.03. The molecule has 17 heavy (non-hydrogen) atoms. The van der Waals surface area contributed by atoms with Gasteiger partial charge in [0.25, 0.3) is 0 Å². The fourth-order valence-corrected chi connectivity index (χ4v) is 3.76. The maximum Gasteiger partial charge on any atom is 0.0678 e. The molecular formula is C13H24BrNO2. The number of halogens is 1. The summed E-state index contributed by atoms with van der Waals surface area (Å²) >= 11 is 3.71. The number of rotatable bonds is 3. The van der Waals surface area contributed by atoms with Gasteiger partial charge in [-0.05, 0) is 32.1 Å². The lowest BCUT2D eigenvalue weighted by Gasteiger charge is -2.43. The molecule has 2 aliphatic rings. The molecule has 0 bridgehead atoms. The Hall–Kier alpha value is 0.360. The molecule has 2 saturated heterocycles. The average molecular weight is 306 g/mol. The molecule has 0 saturated carbocycles. The maximum absolute atomic E-state index is 5.79. The van der Waals surface area contributed by atoms with Gasteiger partial charge >= 0.3 is 0 Å². The van der Waals surface area contributed by atoms with Gasteiger partial charge in [-0.15, -0.1) is 0 Å². The predicted octanol–water partition coefficient (Wildman–Crippen LogP) is 2.29. The van der Waals surface area contributed by atoms with Gasteiger partial charge in [0.1, 0.15) is 0 Å². The Labute approximate surface area is 113 Å². The zero-order valence-corrected chi connectivity index (χ0v) is 12.5. The van der Waals surface area contributed by atoms with E-state index in [0.29, 0.717) is 17.6 Å². The first-order valence-corrected chi connectivity index (χ1v) is 7.77. The first-order chi connectivity index (χ1) is 8.13. The van der Waals surface area contributed by atoms with Crippen LogP contribution in [0.2, 0.25) is 0 Å². The van der Waals surface area contributed by atoms with Crippen LogP contribution in [0.3, 0.4) is 0 Å². The first kappa shape index (κ1) is 13.8. The molecule has 100 valence electrons. The van der Waals surface area contributed by atoms with E-state index in [1.165, 1.54) is 19.4 Å². The van der Waals surface area contributed by atoms with Gasteiger partial charge in [0.2, 0.25) is 0 Å². The van der Waals surface area contributed by atoms with Gasteiger partial charge in [-0.1, -0.05) is 15.9 Å². The number of hydrogen-bond donors (Lipinski definition) is 0. The van der Waals surface area contributed by atoms with E-state index in [1.54, 1.807) is 0 Å². The molecule has 0 aromatic heterocycles. The van der Waals surface area contributed by atoms with Crippen LogP contribution in [0.5, 0.6) is 0 Å². The second kappa shape index (κ2) is 6.00. The van der Waals surface area contributed by atoms with Gasteiger partial charge in [0.15, 0.2) is 0 Å². The van der Waals surface area contributed by atoms with Crippen molar-refractivity contribution in [3.63, 3.8) is 0 Å². The van der Waals surface area contributed by atoms with Gasteiger partial charge in [0.05, 0.1) is 12.2 Å². The quantitative estimate of drug-likeness (QED) is 0.747. The molecule has 2 heterocycles. The van der Waals surface area contributed by atoms with E-state index in [4.69, 9.17) is 9.47 Å². The molecule has 0 amide bonds. The number of ether oxygens (including phenoxy) is 2. The Morgan fingerprint density at radius 2 is 1.76 bits per heavy atom. The molecule has 2 rings (SSSR count). The van der Waals surface area contributed by atoms with Gasteiger partial charge in [0, 0.05) is 38.2 Å². The van der Waals surface area contributed by atoms with E-state index >= 15 is 0 Å². The highest BCUT2D eigenvalue weighted by molar-refractivity contribution is 9.09. The molecule has 2 fully saturated rings. The average Bonchev–Trinajstić information content (AvgIpc) is 2.29. The van der Waals surface area contributed by atoms with Crippen LogP contribution in [0.15, 0.2) is 0 Å². The summed E-state index contributed by atoms with van der Waals surface area (Å²) in [4.78, 5) is 2.57. The number of morpholine rings is 1. The Morgan fingerprint density at radius 3 is 2.29 bits per heavy atom. The predicted molar refractivity (Wildman–Crippen MR) is 72.7 cm³/mol. The van der Waals surface area contributed by atoms with Crippen LogP contribution in [0.1, 0.15) is 26.7 Å². The highest BCUT2D eigenvalue weighted by Crippen LogP contribution is 2.34. The van der Waals surface area contributed by atoms with Crippen LogP contribution in [0, 0.1) is 5.41 Å². The van der Waals surface area contributed by atoms with Crippen molar-refractivity contribution in [1.29, 1.82) is 0 Å². The molecule has 0 aliphatic carbocycles. The Kier molecular flexibility index (Phi) is 4.87. The molecular weight excluding hydrogens is 282 g/mol. The highest BCUT2D eigenvalue weighted by atomic mass is 79.9. The van der Waals surface area contributed by atoms with Gasteiger partial charge < -0.3 is 9.47 Å². The Morgan fingerprint density at radius 1 is 1.18 bits per heavy atom.